The molecule has 1 aliphatic rings. The van der Waals surface area contributed by atoms with Crippen molar-refractivity contribution in [3.05, 3.63) is 34.6 Å². The van der Waals surface area contributed by atoms with Gasteiger partial charge in [0.05, 0.1) is 17.0 Å². The Morgan fingerprint density at radius 3 is 2.86 bits per heavy atom. The molecule has 0 heterocycles. The van der Waals surface area contributed by atoms with Crippen molar-refractivity contribution in [2.45, 2.75) is 51.1 Å². The summed E-state index contributed by atoms with van der Waals surface area (Å²) in [5.74, 6) is -0.668. The average Bonchev–Trinajstić information content (AvgIpc) is 2.41. The van der Waals surface area contributed by atoms with Crippen LogP contribution in [0.25, 0.3) is 0 Å². The van der Waals surface area contributed by atoms with Crippen molar-refractivity contribution >= 4 is 17.5 Å². The van der Waals surface area contributed by atoms with E-state index >= 15 is 0 Å². The van der Waals surface area contributed by atoms with Gasteiger partial charge >= 0.3 is 0 Å². The lowest BCUT2D eigenvalue weighted by atomic mass is 9.74. The Labute approximate surface area is 130 Å². The lowest BCUT2D eigenvalue weighted by Crippen LogP contribution is -2.53. The average molecular weight is 313 g/mol. The second kappa shape index (κ2) is 6.32. The van der Waals surface area contributed by atoms with E-state index in [0.717, 1.165) is 31.2 Å². The molecule has 1 saturated carbocycles. The van der Waals surface area contributed by atoms with Crippen LogP contribution in [0, 0.1) is 11.7 Å². The van der Waals surface area contributed by atoms with Gasteiger partial charge in [0.25, 0.3) is 0 Å². The Morgan fingerprint density at radius 1 is 1.52 bits per heavy atom. The van der Waals surface area contributed by atoms with Gasteiger partial charge in [0, 0.05) is 5.54 Å². The SMILES string of the molecule is CC(NC(=O)C1CCCCC1(C)N)c1ccc(F)c(Cl)c1. The quantitative estimate of drug-likeness (QED) is 0.896. The van der Waals surface area contributed by atoms with E-state index < -0.39 is 11.4 Å². The van der Waals surface area contributed by atoms with Gasteiger partial charge in [-0.05, 0) is 44.4 Å². The van der Waals surface area contributed by atoms with Crippen LogP contribution in [0.1, 0.15) is 51.1 Å². The fraction of sp³-hybridized carbons (Fsp3) is 0.562. The molecule has 0 spiro atoms. The number of amides is 1. The second-order valence-corrected chi connectivity index (χ2v) is 6.62. The van der Waals surface area contributed by atoms with Crippen LogP contribution >= 0.6 is 11.6 Å². The molecule has 1 aromatic carbocycles. The van der Waals surface area contributed by atoms with E-state index in [4.69, 9.17) is 17.3 Å². The minimum atomic E-state index is -0.458. The van der Waals surface area contributed by atoms with Crippen molar-refractivity contribution in [1.29, 1.82) is 0 Å². The molecule has 3 atom stereocenters. The molecule has 1 aromatic rings. The standard InChI is InChI=1S/C16H22ClFN2O/c1-10(11-6-7-14(18)13(17)9-11)20-15(21)12-5-3-4-8-16(12,2)19/h6-7,9-10,12H,3-5,8,19H2,1-2H3,(H,20,21). The molecule has 116 valence electrons. The van der Waals surface area contributed by atoms with Gasteiger partial charge in [-0.2, -0.15) is 0 Å². The maximum absolute atomic E-state index is 13.2. The number of hydrogen-bond donors (Lipinski definition) is 2. The summed E-state index contributed by atoms with van der Waals surface area (Å²) in [5, 5.41) is 3.03. The van der Waals surface area contributed by atoms with E-state index in [1.165, 1.54) is 6.07 Å². The number of carbonyl (C=O) groups is 1. The number of nitrogens with one attached hydrogen (secondary N) is 1. The van der Waals surface area contributed by atoms with Crippen LogP contribution in [0.5, 0.6) is 0 Å². The summed E-state index contributed by atoms with van der Waals surface area (Å²) in [6.07, 6.45) is 3.78. The minimum Gasteiger partial charge on any atom is -0.349 e. The molecule has 3 unspecified atom stereocenters. The molecule has 1 amide bonds. The smallest absolute Gasteiger partial charge is 0.225 e. The lowest BCUT2D eigenvalue weighted by molar-refractivity contribution is -0.128. The van der Waals surface area contributed by atoms with Crippen molar-refractivity contribution in [3.63, 3.8) is 0 Å². The molecule has 1 fully saturated rings. The molecular formula is C16H22ClFN2O. The number of halogens is 2. The van der Waals surface area contributed by atoms with Gasteiger partial charge in [-0.15, -0.1) is 0 Å². The first-order valence-electron chi connectivity index (χ1n) is 7.35. The van der Waals surface area contributed by atoms with Crippen molar-refractivity contribution in [2.24, 2.45) is 11.7 Å². The summed E-state index contributed by atoms with van der Waals surface area (Å²) < 4.78 is 13.2. The summed E-state index contributed by atoms with van der Waals surface area (Å²) in [5.41, 5.74) is 6.58. The van der Waals surface area contributed by atoms with Crippen LogP contribution in [0.2, 0.25) is 5.02 Å². The minimum absolute atomic E-state index is 0.0346. The summed E-state index contributed by atoms with van der Waals surface area (Å²) in [7, 11) is 0. The predicted molar refractivity (Wildman–Crippen MR) is 82.5 cm³/mol. The zero-order valence-electron chi connectivity index (χ0n) is 12.5. The maximum atomic E-state index is 13.2. The van der Waals surface area contributed by atoms with E-state index in [1.807, 2.05) is 13.8 Å². The maximum Gasteiger partial charge on any atom is 0.225 e. The first-order valence-corrected chi connectivity index (χ1v) is 7.73. The fourth-order valence-electron chi connectivity index (χ4n) is 2.97. The molecule has 0 saturated heterocycles. The van der Waals surface area contributed by atoms with Gasteiger partial charge in [0.2, 0.25) is 5.91 Å². The Hall–Kier alpha value is -1.13. The van der Waals surface area contributed by atoms with Gasteiger partial charge < -0.3 is 11.1 Å². The third-order valence-electron chi connectivity index (χ3n) is 4.37. The molecule has 0 aromatic heterocycles. The summed E-state index contributed by atoms with van der Waals surface area (Å²) in [6.45, 7) is 3.80. The highest BCUT2D eigenvalue weighted by Gasteiger charge is 2.38. The zero-order chi connectivity index (χ0) is 15.6. The molecule has 5 heteroatoms. The Balaban J connectivity index is 2.06. The van der Waals surface area contributed by atoms with Gasteiger partial charge in [-0.1, -0.05) is 30.5 Å². The Morgan fingerprint density at radius 2 is 2.24 bits per heavy atom. The van der Waals surface area contributed by atoms with Crippen LogP contribution in [0.4, 0.5) is 4.39 Å². The van der Waals surface area contributed by atoms with Crippen molar-refractivity contribution in [3.8, 4) is 0 Å². The lowest BCUT2D eigenvalue weighted by Gasteiger charge is -2.37. The second-order valence-electron chi connectivity index (χ2n) is 6.21. The summed E-state index contributed by atoms with van der Waals surface area (Å²) in [4.78, 5) is 12.5. The molecule has 0 aliphatic heterocycles. The summed E-state index contributed by atoms with van der Waals surface area (Å²) >= 11 is 5.78. The number of carbonyl (C=O) groups excluding carboxylic acids is 1. The van der Waals surface area contributed by atoms with E-state index in [2.05, 4.69) is 5.32 Å². The molecule has 21 heavy (non-hydrogen) atoms. The molecule has 0 radical (unpaired) electrons. The topological polar surface area (TPSA) is 55.1 Å². The Bertz CT molecular complexity index is 533. The molecule has 3 N–H and O–H groups in total. The first kappa shape index (κ1) is 16.2. The predicted octanol–water partition coefficient (Wildman–Crippen LogP) is 3.56. The van der Waals surface area contributed by atoms with Gasteiger partial charge in [0.1, 0.15) is 5.82 Å². The van der Waals surface area contributed by atoms with E-state index in [9.17, 15) is 9.18 Å². The van der Waals surface area contributed by atoms with Crippen LogP contribution < -0.4 is 11.1 Å². The zero-order valence-corrected chi connectivity index (χ0v) is 13.2. The molecule has 1 aliphatic carbocycles. The van der Waals surface area contributed by atoms with Crippen LogP contribution in [-0.2, 0) is 4.79 Å². The van der Waals surface area contributed by atoms with Crippen LogP contribution in [0.3, 0.4) is 0 Å². The number of benzene rings is 1. The van der Waals surface area contributed by atoms with E-state index in [1.54, 1.807) is 12.1 Å². The highest BCUT2D eigenvalue weighted by molar-refractivity contribution is 6.30. The Kier molecular flexibility index (Phi) is 4.89. The fourth-order valence-corrected chi connectivity index (χ4v) is 3.16. The normalized spacial score (nSPS) is 27.2. The van der Waals surface area contributed by atoms with Gasteiger partial charge in [-0.25, -0.2) is 4.39 Å². The van der Waals surface area contributed by atoms with Crippen LogP contribution in [-0.4, -0.2) is 11.4 Å². The molecule has 2 rings (SSSR count). The van der Waals surface area contributed by atoms with E-state index in [-0.39, 0.29) is 22.9 Å². The van der Waals surface area contributed by atoms with Gasteiger partial charge in [-0.3, -0.25) is 4.79 Å². The van der Waals surface area contributed by atoms with Crippen molar-refractivity contribution < 1.29 is 9.18 Å². The van der Waals surface area contributed by atoms with E-state index in [0.29, 0.717) is 0 Å². The van der Waals surface area contributed by atoms with Crippen molar-refractivity contribution in [2.75, 3.05) is 0 Å². The third kappa shape index (κ3) is 3.74. The number of nitrogens with two attached hydrogens (primary N) is 1. The third-order valence-corrected chi connectivity index (χ3v) is 4.66. The number of hydrogen-bond acceptors (Lipinski definition) is 2. The molecule has 0 bridgehead atoms. The monoisotopic (exact) mass is 312 g/mol. The van der Waals surface area contributed by atoms with Crippen molar-refractivity contribution in [1.82, 2.24) is 5.32 Å². The van der Waals surface area contributed by atoms with Crippen LogP contribution in [0.15, 0.2) is 18.2 Å². The highest BCUT2D eigenvalue weighted by Crippen LogP contribution is 2.32. The number of rotatable bonds is 3. The summed E-state index contributed by atoms with van der Waals surface area (Å²) in [6, 6.07) is 4.26. The van der Waals surface area contributed by atoms with Gasteiger partial charge in [0.15, 0.2) is 0 Å². The molecule has 3 nitrogen and oxygen atoms in total. The largest absolute Gasteiger partial charge is 0.349 e. The first-order chi connectivity index (χ1) is 9.81. The highest BCUT2D eigenvalue weighted by atomic mass is 35.5. The molecular weight excluding hydrogens is 291 g/mol.